The van der Waals surface area contributed by atoms with Gasteiger partial charge in [0.05, 0.1) is 0 Å². The van der Waals surface area contributed by atoms with Gasteiger partial charge in [0, 0.05) is 36.5 Å². The molecule has 6 nitrogen and oxygen atoms in total. The van der Waals surface area contributed by atoms with Crippen LogP contribution in [0.5, 0.6) is 0 Å². The molecule has 0 aromatic rings. The van der Waals surface area contributed by atoms with E-state index in [1.54, 1.807) is 22.5 Å². The summed E-state index contributed by atoms with van der Waals surface area (Å²) in [7, 11) is 0. The van der Waals surface area contributed by atoms with Gasteiger partial charge in [-0.05, 0) is 19.3 Å². The number of carbonyl (C=O) groups is 3. The summed E-state index contributed by atoms with van der Waals surface area (Å²) in [5, 5.41) is 0. The van der Waals surface area contributed by atoms with Gasteiger partial charge in [-0.15, -0.1) is 0 Å². The van der Waals surface area contributed by atoms with Gasteiger partial charge < -0.3 is 14.2 Å². The fourth-order valence-electron chi connectivity index (χ4n) is 3.31. The molecule has 0 N–H and O–H groups in total. The Morgan fingerprint density at radius 2 is 0.659 bits per heavy atom. The normalized spacial score (nSPS) is 9.66. The molecule has 0 aliphatic carbocycles. The molecule has 41 heavy (non-hydrogen) atoms. The monoisotopic (exact) mass is 747 g/mol. The summed E-state index contributed by atoms with van der Waals surface area (Å²) < 4.78 is 14.6. The van der Waals surface area contributed by atoms with Gasteiger partial charge in [-0.25, -0.2) is 0 Å². The van der Waals surface area contributed by atoms with Crippen molar-refractivity contribution in [3.05, 3.63) is 0 Å². The Balaban J connectivity index is -0.000000243. The Bertz CT molecular complexity index is 457. The number of carbonyl (C=O) groups excluding carboxylic acids is 3. The summed E-state index contributed by atoms with van der Waals surface area (Å²) in [6, 6.07) is 0. The third-order valence-corrected chi connectivity index (χ3v) is 6.06. The van der Waals surface area contributed by atoms with Crippen LogP contribution in [0.25, 0.3) is 0 Å². The second-order valence-electron chi connectivity index (χ2n) is 9.32. The van der Waals surface area contributed by atoms with Crippen LogP contribution in [-0.4, -0.2) is 77.5 Å². The van der Waals surface area contributed by atoms with E-state index >= 15 is 0 Å². The standard InChI is InChI=1S/3C10H20O2S.CH3.Sn/c3*1-2-3-4-5-6-7-10(11)12-8-9-13;;/h3*13H,2-9H2,1H3;1H3;. The van der Waals surface area contributed by atoms with E-state index in [1.807, 2.05) is 0 Å². The number of esters is 3. The molecule has 0 aliphatic rings. The van der Waals surface area contributed by atoms with Gasteiger partial charge in [0.15, 0.2) is 0 Å². The van der Waals surface area contributed by atoms with Crippen molar-refractivity contribution in [3.63, 3.8) is 0 Å². The Morgan fingerprint density at radius 1 is 0.439 bits per heavy atom. The van der Waals surface area contributed by atoms with Crippen LogP contribution in [0.1, 0.15) is 136 Å². The van der Waals surface area contributed by atoms with Crippen molar-refractivity contribution in [2.75, 3.05) is 37.1 Å². The molecule has 0 aliphatic heterocycles. The first kappa shape index (κ1) is 48.2. The van der Waals surface area contributed by atoms with Crippen molar-refractivity contribution in [2.45, 2.75) is 141 Å². The number of ether oxygens (including phenoxy) is 3. The maximum atomic E-state index is 11.0. The molecule has 0 aromatic carbocycles. The van der Waals surface area contributed by atoms with E-state index in [1.165, 1.54) is 57.8 Å². The average Bonchev–Trinajstić information content (AvgIpc) is 2.99. The van der Waals surface area contributed by atoms with Crippen molar-refractivity contribution in [3.8, 4) is 0 Å². The zero-order valence-corrected chi connectivity index (χ0v) is 32.3. The molecular weight excluding hydrogens is 683 g/mol. The Kier molecular flexibility index (Phi) is 55.5. The van der Waals surface area contributed by atoms with E-state index in [4.69, 9.17) is 14.2 Å². The van der Waals surface area contributed by atoms with Gasteiger partial charge in [0.2, 0.25) is 0 Å². The zero-order chi connectivity index (χ0) is 31.8. The molecule has 0 unspecified atom stereocenters. The Morgan fingerprint density at radius 3 is 0.854 bits per heavy atom. The van der Waals surface area contributed by atoms with Crippen LogP contribution in [0.15, 0.2) is 0 Å². The number of unbranched alkanes of at least 4 members (excludes halogenated alkanes) is 12. The van der Waals surface area contributed by atoms with Gasteiger partial charge >= 0.3 is 45.4 Å². The number of thiol groups is 3. The molecule has 0 aromatic heterocycles. The van der Waals surface area contributed by atoms with Gasteiger partial charge in [0.1, 0.15) is 19.8 Å². The summed E-state index contributed by atoms with van der Waals surface area (Å²) >= 11 is 13.4. The molecule has 245 valence electrons. The van der Waals surface area contributed by atoms with Crippen LogP contribution in [-0.2, 0) is 28.6 Å². The number of hydrogen-bond acceptors (Lipinski definition) is 9. The van der Waals surface area contributed by atoms with E-state index in [0.29, 0.717) is 56.3 Å². The summed E-state index contributed by atoms with van der Waals surface area (Å²) in [5.74, 6) is 1.60. The zero-order valence-electron chi connectivity index (χ0n) is 26.8. The van der Waals surface area contributed by atoms with Crippen molar-refractivity contribution in [2.24, 2.45) is 0 Å². The van der Waals surface area contributed by atoms with Crippen LogP contribution >= 0.6 is 37.9 Å². The van der Waals surface area contributed by atoms with E-state index < -0.39 is 0 Å². The molecular formula is C31H63O6S3Sn. The number of hydrogen-bond donors (Lipinski definition) is 3. The predicted molar refractivity (Wildman–Crippen MR) is 186 cm³/mol. The third kappa shape index (κ3) is 53.3. The summed E-state index contributed by atoms with van der Waals surface area (Å²) in [6.45, 7) is 7.87. The van der Waals surface area contributed by atoms with Crippen molar-refractivity contribution < 1.29 is 28.6 Å². The van der Waals surface area contributed by atoms with Crippen LogP contribution in [0.2, 0.25) is 4.94 Å². The molecule has 0 amide bonds. The molecule has 0 bridgehead atoms. The maximum absolute atomic E-state index is 11.0. The second kappa shape index (κ2) is 47.2. The molecule has 10 heteroatoms. The van der Waals surface area contributed by atoms with Gasteiger partial charge in [-0.3, -0.25) is 14.4 Å². The van der Waals surface area contributed by atoms with Crippen molar-refractivity contribution in [1.82, 2.24) is 0 Å². The van der Waals surface area contributed by atoms with E-state index in [9.17, 15) is 14.4 Å². The van der Waals surface area contributed by atoms with E-state index in [-0.39, 0.29) is 17.9 Å². The molecule has 0 rings (SSSR count). The first-order chi connectivity index (χ1) is 19.9. The minimum absolute atomic E-state index is 0.0782. The fourth-order valence-corrected chi connectivity index (χ4v) is 3.59. The first-order valence-electron chi connectivity index (χ1n) is 15.7. The van der Waals surface area contributed by atoms with Gasteiger partial charge in [0.25, 0.3) is 0 Å². The molecule has 0 heterocycles. The summed E-state index contributed by atoms with van der Waals surface area (Å²) in [5.41, 5.74) is 0. The van der Waals surface area contributed by atoms with Crippen molar-refractivity contribution in [1.29, 1.82) is 0 Å². The molecule has 3 radical (unpaired) electrons. The number of rotatable bonds is 24. The molecule has 0 saturated carbocycles. The fraction of sp³-hybridized carbons (Fsp3) is 0.903. The average molecular weight is 747 g/mol. The molecule has 0 atom stereocenters. The van der Waals surface area contributed by atoms with Crippen molar-refractivity contribution >= 4 is 78.3 Å². The van der Waals surface area contributed by atoms with Crippen LogP contribution < -0.4 is 0 Å². The molecule has 0 saturated heterocycles. The molecule has 0 spiro atoms. The minimum atomic E-state index is -0.0782. The second-order valence-corrected chi connectivity index (χ2v) is 10.7. The summed E-state index contributed by atoms with van der Waals surface area (Å²) in [4.78, 5) is 35.0. The SMILES string of the molecule is CCCCCCCC(=O)OCCS.CCCCCCCC(=O)OCCS.CCCCCCCC(=O)OCCS.[CH3][Sn]. The first-order valence-corrected chi connectivity index (χ1v) is 20.5. The van der Waals surface area contributed by atoms with Gasteiger partial charge in [-0.2, -0.15) is 37.9 Å². The summed E-state index contributed by atoms with van der Waals surface area (Å²) in [6.07, 6.45) is 19.2. The Labute approximate surface area is 283 Å². The van der Waals surface area contributed by atoms with E-state index in [2.05, 4.69) is 63.6 Å². The van der Waals surface area contributed by atoms with Crippen LogP contribution in [0.3, 0.4) is 0 Å². The Hall–Kier alpha value is 0.259. The van der Waals surface area contributed by atoms with Gasteiger partial charge in [-0.1, -0.05) is 97.8 Å². The van der Waals surface area contributed by atoms with E-state index in [0.717, 1.165) is 38.5 Å². The predicted octanol–water partition coefficient (Wildman–Crippen LogP) is 8.66. The van der Waals surface area contributed by atoms with Crippen LogP contribution in [0, 0.1) is 0 Å². The molecule has 0 fully saturated rings. The quantitative estimate of drug-likeness (QED) is 0.0302. The third-order valence-electron chi connectivity index (χ3n) is 5.52. The topological polar surface area (TPSA) is 78.9 Å². The van der Waals surface area contributed by atoms with Crippen LogP contribution in [0.4, 0.5) is 0 Å².